The molecule has 0 unspecified atom stereocenters. The van der Waals surface area contributed by atoms with E-state index in [2.05, 4.69) is 14.9 Å². The Hall–Kier alpha value is -2.60. The first-order valence-electron chi connectivity index (χ1n) is 8.68. The molecule has 4 rings (SSSR count). The van der Waals surface area contributed by atoms with Gasteiger partial charge in [-0.3, -0.25) is 4.79 Å². The quantitative estimate of drug-likeness (QED) is 0.712. The molecule has 4 heterocycles. The van der Waals surface area contributed by atoms with Crippen molar-refractivity contribution in [1.29, 1.82) is 0 Å². The van der Waals surface area contributed by atoms with Crippen LogP contribution in [0.25, 0.3) is 5.65 Å². The number of nitrogens with zero attached hydrogens (tertiary/aromatic N) is 5. The van der Waals surface area contributed by atoms with Gasteiger partial charge in [0.05, 0.1) is 17.1 Å². The predicted octanol–water partition coefficient (Wildman–Crippen LogP) is 2.58. The summed E-state index contributed by atoms with van der Waals surface area (Å²) in [5, 5.41) is 0.647. The largest absolute Gasteiger partial charge is 0.352 e. The van der Waals surface area contributed by atoms with Crippen molar-refractivity contribution >= 4 is 29.0 Å². The lowest BCUT2D eigenvalue weighted by Crippen LogP contribution is -2.49. The summed E-state index contributed by atoms with van der Waals surface area (Å²) < 4.78 is 2.00. The van der Waals surface area contributed by atoms with Gasteiger partial charge in [-0.1, -0.05) is 17.7 Å². The highest BCUT2D eigenvalue weighted by atomic mass is 35.5. The fourth-order valence-corrected chi connectivity index (χ4v) is 3.62. The van der Waals surface area contributed by atoms with Crippen LogP contribution in [0, 0.1) is 6.92 Å². The molecule has 1 aliphatic rings. The van der Waals surface area contributed by atoms with Crippen molar-refractivity contribution in [2.45, 2.75) is 13.3 Å². The van der Waals surface area contributed by atoms with Crippen LogP contribution in [-0.2, 0) is 11.2 Å². The molecule has 0 atom stereocenters. The van der Waals surface area contributed by atoms with Crippen molar-refractivity contribution in [3.63, 3.8) is 0 Å². The van der Waals surface area contributed by atoms with Gasteiger partial charge in [-0.15, -0.1) is 0 Å². The zero-order valence-electron chi connectivity index (χ0n) is 14.6. The summed E-state index contributed by atoms with van der Waals surface area (Å²) >= 11 is 6.23. The second-order valence-corrected chi connectivity index (χ2v) is 6.89. The van der Waals surface area contributed by atoms with E-state index in [0.717, 1.165) is 35.8 Å². The topological polar surface area (TPSA) is 53.7 Å². The van der Waals surface area contributed by atoms with Crippen LogP contribution in [0.4, 0.5) is 5.82 Å². The number of aromatic nitrogens is 3. The van der Waals surface area contributed by atoms with Crippen LogP contribution in [0.15, 0.2) is 42.9 Å². The molecule has 0 radical (unpaired) electrons. The Morgan fingerprint density at radius 1 is 1.15 bits per heavy atom. The number of amides is 1. The van der Waals surface area contributed by atoms with Crippen molar-refractivity contribution in [3.05, 3.63) is 59.1 Å². The maximum atomic E-state index is 12.7. The maximum Gasteiger partial charge on any atom is 0.228 e. The standard InChI is InChI=1S/C19H20ClN5O/c1-14-4-3-7-25-15(13-22-18(14)25)12-17(26)23-8-10-24(11-9-23)19-16(20)5-2-6-21-19/h2-7,13H,8-12H2,1H3. The molecule has 0 bridgehead atoms. The van der Waals surface area contributed by atoms with Gasteiger partial charge in [0.25, 0.3) is 0 Å². The summed E-state index contributed by atoms with van der Waals surface area (Å²) in [6, 6.07) is 7.67. The molecule has 1 aliphatic heterocycles. The van der Waals surface area contributed by atoms with Gasteiger partial charge in [0.2, 0.25) is 5.91 Å². The second kappa shape index (κ2) is 6.96. The molecule has 3 aromatic rings. The highest BCUT2D eigenvalue weighted by Gasteiger charge is 2.23. The number of aryl methyl sites for hydroxylation is 1. The van der Waals surface area contributed by atoms with E-state index in [0.29, 0.717) is 24.5 Å². The van der Waals surface area contributed by atoms with Gasteiger partial charge in [-0.25, -0.2) is 9.97 Å². The van der Waals surface area contributed by atoms with Crippen molar-refractivity contribution in [2.75, 3.05) is 31.1 Å². The van der Waals surface area contributed by atoms with Gasteiger partial charge >= 0.3 is 0 Å². The second-order valence-electron chi connectivity index (χ2n) is 6.49. The Labute approximate surface area is 157 Å². The van der Waals surface area contributed by atoms with Crippen molar-refractivity contribution in [1.82, 2.24) is 19.3 Å². The molecule has 26 heavy (non-hydrogen) atoms. The Morgan fingerprint density at radius 3 is 2.73 bits per heavy atom. The van der Waals surface area contributed by atoms with Crippen LogP contribution >= 0.6 is 11.6 Å². The molecule has 0 aromatic carbocycles. The average molecular weight is 370 g/mol. The lowest BCUT2D eigenvalue weighted by molar-refractivity contribution is -0.130. The number of piperazine rings is 1. The number of hydrogen-bond acceptors (Lipinski definition) is 4. The molecule has 6 nitrogen and oxygen atoms in total. The summed E-state index contributed by atoms with van der Waals surface area (Å²) in [5.74, 6) is 0.915. The molecule has 1 amide bonds. The van der Waals surface area contributed by atoms with E-state index in [1.165, 1.54) is 0 Å². The third kappa shape index (κ3) is 3.12. The number of pyridine rings is 2. The first-order chi connectivity index (χ1) is 12.6. The summed E-state index contributed by atoms with van der Waals surface area (Å²) in [6.45, 7) is 4.82. The maximum absolute atomic E-state index is 12.7. The molecular weight excluding hydrogens is 350 g/mol. The Balaban J connectivity index is 1.42. The lowest BCUT2D eigenvalue weighted by Gasteiger charge is -2.35. The molecule has 1 saturated heterocycles. The number of carbonyl (C=O) groups excluding carboxylic acids is 1. The number of imidazole rings is 1. The summed E-state index contributed by atoms with van der Waals surface area (Å²) in [4.78, 5) is 25.6. The van der Waals surface area contributed by atoms with Crippen LogP contribution in [0.2, 0.25) is 5.02 Å². The Morgan fingerprint density at radius 2 is 1.96 bits per heavy atom. The summed E-state index contributed by atoms with van der Waals surface area (Å²) in [7, 11) is 0. The van der Waals surface area contributed by atoms with Crippen molar-refractivity contribution < 1.29 is 4.79 Å². The molecule has 0 spiro atoms. The first kappa shape index (κ1) is 16.8. The highest BCUT2D eigenvalue weighted by Crippen LogP contribution is 2.23. The first-order valence-corrected chi connectivity index (χ1v) is 9.06. The molecule has 3 aromatic heterocycles. The van der Waals surface area contributed by atoms with E-state index >= 15 is 0 Å². The van der Waals surface area contributed by atoms with Crippen LogP contribution in [-0.4, -0.2) is 51.4 Å². The van der Waals surface area contributed by atoms with Crippen LogP contribution in [0.1, 0.15) is 11.3 Å². The molecular formula is C19H20ClN5O. The molecule has 134 valence electrons. The minimum Gasteiger partial charge on any atom is -0.352 e. The van der Waals surface area contributed by atoms with Crippen LogP contribution in [0.3, 0.4) is 0 Å². The monoisotopic (exact) mass is 369 g/mol. The van der Waals surface area contributed by atoms with Gasteiger partial charge in [-0.05, 0) is 30.7 Å². The van der Waals surface area contributed by atoms with E-state index < -0.39 is 0 Å². The fraction of sp³-hybridized carbons (Fsp3) is 0.316. The number of anilines is 1. The molecule has 1 fully saturated rings. The molecule has 7 heteroatoms. The Bertz CT molecular complexity index is 946. The number of carbonyl (C=O) groups is 1. The minimum absolute atomic E-state index is 0.125. The zero-order valence-corrected chi connectivity index (χ0v) is 15.4. The van der Waals surface area contributed by atoms with Crippen molar-refractivity contribution in [3.8, 4) is 0 Å². The van der Waals surface area contributed by atoms with Crippen LogP contribution in [0.5, 0.6) is 0 Å². The van der Waals surface area contributed by atoms with E-state index in [1.54, 1.807) is 12.4 Å². The van der Waals surface area contributed by atoms with Gasteiger partial charge < -0.3 is 14.2 Å². The number of fused-ring (bicyclic) bond motifs is 1. The normalized spacial score (nSPS) is 14.8. The Kier molecular flexibility index (Phi) is 4.51. The number of halogens is 1. The van der Waals surface area contributed by atoms with E-state index in [-0.39, 0.29) is 5.91 Å². The zero-order chi connectivity index (χ0) is 18.1. The van der Waals surface area contributed by atoms with Crippen molar-refractivity contribution in [2.24, 2.45) is 0 Å². The van der Waals surface area contributed by atoms with Gasteiger partial charge in [-0.2, -0.15) is 0 Å². The van der Waals surface area contributed by atoms with E-state index in [4.69, 9.17) is 11.6 Å². The lowest BCUT2D eigenvalue weighted by atomic mass is 10.2. The third-order valence-electron chi connectivity index (χ3n) is 4.81. The minimum atomic E-state index is 0.125. The van der Waals surface area contributed by atoms with Gasteiger partial charge in [0, 0.05) is 44.8 Å². The smallest absolute Gasteiger partial charge is 0.228 e. The van der Waals surface area contributed by atoms with E-state index in [1.807, 2.05) is 46.7 Å². The highest BCUT2D eigenvalue weighted by molar-refractivity contribution is 6.32. The van der Waals surface area contributed by atoms with E-state index in [9.17, 15) is 4.79 Å². The van der Waals surface area contributed by atoms with Crippen LogP contribution < -0.4 is 4.90 Å². The average Bonchev–Trinajstić information content (AvgIpc) is 3.07. The SMILES string of the molecule is Cc1cccn2c(CC(=O)N3CCN(c4ncccc4Cl)CC3)cnc12. The summed E-state index contributed by atoms with van der Waals surface area (Å²) in [6.07, 6.45) is 5.85. The van der Waals surface area contributed by atoms with Gasteiger partial charge in [0.15, 0.2) is 0 Å². The number of rotatable bonds is 3. The molecule has 0 saturated carbocycles. The molecule has 0 aliphatic carbocycles. The third-order valence-corrected chi connectivity index (χ3v) is 5.11. The predicted molar refractivity (Wildman–Crippen MR) is 102 cm³/mol. The van der Waals surface area contributed by atoms with Gasteiger partial charge in [0.1, 0.15) is 11.5 Å². The number of hydrogen-bond donors (Lipinski definition) is 0. The fourth-order valence-electron chi connectivity index (χ4n) is 3.38. The molecule has 0 N–H and O–H groups in total. The summed E-state index contributed by atoms with van der Waals surface area (Å²) in [5.41, 5.74) is 2.93.